The molecule has 11 heteroatoms. The topological polar surface area (TPSA) is 132 Å². The highest BCUT2D eigenvalue weighted by molar-refractivity contribution is 7.89. The number of carbonyl (C=O) groups excluding carboxylic acids is 2. The third-order valence-electron chi connectivity index (χ3n) is 4.39. The number of hydrogen-bond donors (Lipinski definition) is 3. The maximum absolute atomic E-state index is 12.5. The molecule has 0 bridgehead atoms. The number of aryl methyl sites for hydroxylation is 2. The van der Waals surface area contributed by atoms with Gasteiger partial charge in [-0.1, -0.05) is 18.2 Å². The van der Waals surface area contributed by atoms with Crippen molar-refractivity contribution in [2.24, 2.45) is 0 Å². The maximum atomic E-state index is 12.5. The van der Waals surface area contributed by atoms with Crippen molar-refractivity contribution < 1.29 is 32.2 Å². The van der Waals surface area contributed by atoms with Gasteiger partial charge in [0.25, 0.3) is 11.8 Å². The summed E-state index contributed by atoms with van der Waals surface area (Å²) in [5.41, 5.74) is 6.25. The van der Waals surface area contributed by atoms with Crippen LogP contribution in [0.3, 0.4) is 0 Å². The minimum absolute atomic E-state index is 0.00823. The second-order valence-corrected chi connectivity index (χ2v) is 8.50. The molecule has 0 aliphatic carbocycles. The van der Waals surface area contributed by atoms with Crippen LogP contribution in [-0.2, 0) is 19.6 Å². The highest BCUT2D eigenvalue weighted by Gasteiger charge is 2.21. The highest BCUT2D eigenvalue weighted by Crippen LogP contribution is 2.25. The fraction of sp³-hybridized carbons (Fsp3) is 0.333. The molecule has 0 saturated heterocycles. The zero-order chi connectivity index (χ0) is 23.7. The Labute approximate surface area is 187 Å². The molecule has 0 aliphatic rings. The van der Waals surface area contributed by atoms with Gasteiger partial charge in [-0.05, 0) is 43.2 Å². The van der Waals surface area contributed by atoms with E-state index in [9.17, 15) is 18.0 Å². The molecule has 0 aliphatic heterocycles. The van der Waals surface area contributed by atoms with Gasteiger partial charge in [0.05, 0.1) is 13.7 Å². The van der Waals surface area contributed by atoms with Crippen LogP contribution < -0.4 is 25.0 Å². The van der Waals surface area contributed by atoms with E-state index >= 15 is 0 Å². The smallest absolute Gasteiger partial charge is 0.276 e. The summed E-state index contributed by atoms with van der Waals surface area (Å²) in [4.78, 5) is 24.3. The van der Waals surface area contributed by atoms with Gasteiger partial charge < -0.3 is 14.2 Å². The SMILES string of the molecule is COCCNS(=O)(=O)c1cc(C(=O)NNC(=O)COc2c(C)cccc2C)ccc1OC. The summed E-state index contributed by atoms with van der Waals surface area (Å²) in [6, 6.07) is 9.49. The summed E-state index contributed by atoms with van der Waals surface area (Å²) in [5, 5.41) is 0. The Hall–Kier alpha value is -3.15. The summed E-state index contributed by atoms with van der Waals surface area (Å²) < 4.78 is 42.9. The predicted octanol–water partition coefficient (Wildman–Crippen LogP) is 1.08. The number of para-hydroxylation sites is 1. The van der Waals surface area contributed by atoms with Gasteiger partial charge in [-0.2, -0.15) is 0 Å². The van der Waals surface area contributed by atoms with Crippen LogP contribution in [0.4, 0.5) is 0 Å². The zero-order valence-electron chi connectivity index (χ0n) is 18.4. The summed E-state index contributed by atoms with van der Waals surface area (Å²) >= 11 is 0. The van der Waals surface area contributed by atoms with Crippen LogP contribution in [0.5, 0.6) is 11.5 Å². The Morgan fingerprint density at radius 2 is 1.69 bits per heavy atom. The zero-order valence-corrected chi connectivity index (χ0v) is 19.2. The number of methoxy groups -OCH3 is 2. The average Bonchev–Trinajstić information content (AvgIpc) is 2.76. The molecule has 2 aromatic rings. The number of hydrazine groups is 1. The molecule has 0 radical (unpaired) electrons. The molecular formula is C21H27N3O7S. The number of rotatable bonds is 10. The Bertz CT molecular complexity index is 1050. The van der Waals surface area contributed by atoms with Gasteiger partial charge in [-0.25, -0.2) is 13.1 Å². The minimum Gasteiger partial charge on any atom is -0.495 e. The number of nitrogens with one attached hydrogen (secondary N) is 3. The van der Waals surface area contributed by atoms with Crippen molar-refractivity contribution >= 4 is 21.8 Å². The van der Waals surface area contributed by atoms with E-state index in [1.807, 2.05) is 32.0 Å². The molecule has 2 rings (SSSR count). The van der Waals surface area contributed by atoms with E-state index < -0.39 is 21.8 Å². The van der Waals surface area contributed by atoms with Crippen LogP contribution in [0.25, 0.3) is 0 Å². The molecule has 0 aromatic heterocycles. The largest absolute Gasteiger partial charge is 0.495 e. The van der Waals surface area contributed by atoms with Gasteiger partial charge in [0.1, 0.15) is 16.4 Å². The first kappa shape index (κ1) is 25.1. The molecule has 0 spiro atoms. The quantitative estimate of drug-likeness (QED) is 0.353. The van der Waals surface area contributed by atoms with Gasteiger partial charge in [0.15, 0.2) is 6.61 Å². The molecule has 0 fully saturated rings. The van der Waals surface area contributed by atoms with E-state index in [-0.39, 0.29) is 36.0 Å². The van der Waals surface area contributed by atoms with E-state index in [1.54, 1.807) is 0 Å². The number of carbonyl (C=O) groups is 2. The monoisotopic (exact) mass is 465 g/mol. The summed E-state index contributed by atoms with van der Waals surface area (Å²) in [7, 11) is -1.19. The molecule has 3 N–H and O–H groups in total. The number of sulfonamides is 1. The van der Waals surface area contributed by atoms with Gasteiger partial charge >= 0.3 is 0 Å². The number of benzene rings is 2. The van der Waals surface area contributed by atoms with Crippen molar-refractivity contribution in [2.45, 2.75) is 18.7 Å². The molecule has 2 aromatic carbocycles. The first-order chi connectivity index (χ1) is 15.2. The van der Waals surface area contributed by atoms with Crippen molar-refractivity contribution in [2.75, 3.05) is 34.0 Å². The molecule has 32 heavy (non-hydrogen) atoms. The lowest BCUT2D eigenvalue weighted by Crippen LogP contribution is -2.44. The lowest BCUT2D eigenvalue weighted by Gasteiger charge is -2.14. The molecule has 10 nitrogen and oxygen atoms in total. The second kappa shape index (κ2) is 11.5. The van der Waals surface area contributed by atoms with E-state index in [1.165, 1.54) is 26.4 Å². The maximum Gasteiger partial charge on any atom is 0.276 e. The molecule has 2 amide bonds. The van der Waals surface area contributed by atoms with Crippen molar-refractivity contribution in [3.8, 4) is 11.5 Å². The third kappa shape index (κ3) is 6.67. The third-order valence-corrected chi connectivity index (χ3v) is 5.87. The van der Waals surface area contributed by atoms with Crippen LogP contribution in [-0.4, -0.2) is 54.2 Å². The number of amides is 2. The Balaban J connectivity index is 2.02. The van der Waals surface area contributed by atoms with E-state index in [0.717, 1.165) is 17.2 Å². The Morgan fingerprint density at radius 3 is 2.31 bits per heavy atom. The van der Waals surface area contributed by atoms with Gasteiger partial charge in [-0.3, -0.25) is 20.4 Å². The van der Waals surface area contributed by atoms with Crippen molar-refractivity contribution in [1.29, 1.82) is 0 Å². The van der Waals surface area contributed by atoms with Crippen molar-refractivity contribution in [1.82, 2.24) is 15.6 Å². The normalized spacial score (nSPS) is 11.0. The lowest BCUT2D eigenvalue weighted by molar-refractivity contribution is -0.123. The van der Waals surface area contributed by atoms with Crippen LogP contribution in [0, 0.1) is 13.8 Å². The van der Waals surface area contributed by atoms with Crippen molar-refractivity contribution in [3.63, 3.8) is 0 Å². The first-order valence-electron chi connectivity index (χ1n) is 9.64. The summed E-state index contributed by atoms with van der Waals surface area (Å²) in [5.74, 6) is -0.623. The van der Waals surface area contributed by atoms with Crippen LogP contribution >= 0.6 is 0 Å². The van der Waals surface area contributed by atoms with E-state index in [4.69, 9.17) is 14.2 Å². The van der Waals surface area contributed by atoms with E-state index in [2.05, 4.69) is 15.6 Å². The minimum atomic E-state index is -3.95. The molecule has 0 unspecified atom stereocenters. The van der Waals surface area contributed by atoms with Gasteiger partial charge in [-0.15, -0.1) is 0 Å². The van der Waals surface area contributed by atoms with Gasteiger partial charge in [0, 0.05) is 19.2 Å². The van der Waals surface area contributed by atoms with Crippen LogP contribution in [0.15, 0.2) is 41.3 Å². The lowest BCUT2D eigenvalue weighted by atomic mass is 10.1. The van der Waals surface area contributed by atoms with Crippen molar-refractivity contribution in [3.05, 3.63) is 53.1 Å². The first-order valence-corrected chi connectivity index (χ1v) is 11.1. The average molecular weight is 466 g/mol. The fourth-order valence-electron chi connectivity index (χ4n) is 2.78. The number of ether oxygens (including phenoxy) is 3. The number of hydrogen-bond acceptors (Lipinski definition) is 7. The van der Waals surface area contributed by atoms with Crippen LogP contribution in [0.2, 0.25) is 0 Å². The molecule has 0 heterocycles. The van der Waals surface area contributed by atoms with Crippen LogP contribution in [0.1, 0.15) is 21.5 Å². The standard InChI is InChI=1S/C21H27N3O7S/c1-14-6-5-7-15(2)20(14)31-13-19(25)23-24-21(26)16-8-9-17(30-4)18(12-16)32(27,28)22-10-11-29-3/h5-9,12,22H,10-11,13H2,1-4H3,(H,23,25)(H,24,26). The Kier molecular flexibility index (Phi) is 9.00. The predicted molar refractivity (Wildman–Crippen MR) is 117 cm³/mol. The van der Waals surface area contributed by atoms with E-state index in [0.29, 0.717) is 5.75 Å². The molecule has 0 saturated carbocycles. The summed E-state index contributed by atoms with van der Waals surface area (Å²) in [6.07, 6.45) is 0. The molecule has 0 atom stereocenters. The highest BCUT2D eigenvalue weighted by atomic mass is 32.2. The van der Waals surface area contributed by atoms with Gasteiger partial charge in [0.2, 0.25) is 10.0 Å². The molecular weight excluding hydrogens is 438 g/mol. The molecule has 174 valence electrons. The summed E-state index contributed by atoms with van der Waals surface area (Å²) in [6.45, 7) is 3.65. The second-order valence-electron chi connectivity index (χ2n) is 6.77. The fourth-order valence-corrected chi connectivity index (χ4v) is 3.99. The Morgan fingerprint density at radius 1 is 1.00 bits per heavy atom.